The smallest absolute Gasteiger partial charge is 0.282 e. The van der Waals surface area contributed by atoms with Gasteiger partial charge in [0.05, 0.1) is 12.1 Å². The summed E-state index contributed by atoms with van der Waals surface area (Å²) in [6.07, 6.45) is 2.34. The van der Waals surface area contributed by atoms with Gasteiger partial charge in [0.15, 0.2) is 9.95 Å². The van der Waals surface area contributed by atoms with Crippen molar-refractivity contribution < 1.29 is 25.9 Å². The molecule has 0 fully saturated rings. The molecule has 26 heavy (non-hydrogen) atoms. The largest absolute Gasteiger partial charge is 0.386 e. The van der Waals surface area contributed by atoms with Gasteiger partial charge in [-0.1, -0.05) is 12.2 Å². The molecule has 2 aromatic carbocycles. The quantitative estimate of drug-likeness (QED) is 0.452. The normalized spacial score (nSPS) is 11.8. The average molecular weight is 394 g/mol. The highest BCUT2D eigenvalue weighted by molar-refractivity contribution is 7.86. The van der Waals surface area contributed by atoms with E-state index in [0.29, 0.717) is 0 Å². The molecule has 0 unspecified atom stereocenters. The molecule has 0 amide bonds. The monoisotopic (exact) mass is 394 g/mol. The second kappa shape index (κ2) is 6.99. The molecule has 132 valence electrons. The van der Waals surface area contributed by atoms with Crippen LogP contribution in [-0.4, -0.2) is 25.9 Å². The van der Waals surface area contributed by atoms with E-state index in [0.717, 1.165) is 12.1 Å². The molecule has 0 saturated heterocycles. The van der Waals surface area contributed by atoms with E-state index in [2.05, 4.69) is 9.95 Å². The fourth-order valence-electron chi connectivity index (χ4n) is 2.07. The molecule has 0 aliphatic heterocycles. The van der Waals surface area contributed by atoms with Crippen LogP contribution < -0.4 is 0 Å². The predicted molar refractivity (Wildman–Crippen MR) is 90.9 cm³/mol. The van der Waals surface area contributed by atoms with Gasteiger partial charge in [0.2, 0.25) is 10.8 Å². The van der Waals surface area contributed by atoms with E-state index in [1.54, 1.807) is 0 Å². The maximum Gasteiger partial charge on any atom is 0.386 e. The maximum atomic E-state index is 11.5. The molecule has 0 heterocycles. The summed E-state index contributed by atoms with van der Waals surface area (Å²) < 4.78 is 64.4. The van der Waals surface area contributed by atoms with Crippen LogP contribution in [0.25, 0.3) is 22.1 Å². The molecule has 12 heteroatoms. The lowest BCUT2D eigenvalue weighted by atomic mass is 10.1. The predicted octanol–water partition coefficient (Wildman–Crippen LogP) is 3.32. The molecule has 0 saturated carbocycles. The maximum absolute atomic E-state index is 11.5. The van der Waals surface area contributed by atoms with E-state index < -0.39 is 30.0 Å². The summed E-state index contributed by atoms with van der Waals surface area (Å²) in [5.74, 6) is 0. The number of diazo groups is 2. The third-order valence-corrected chi connectivity index (χ3v) is 5.04. The number of hydrogen-bond acceptors (Lipinski definition) is 6. The number of nitrogens with zero attached hydrogens (tertiary/aromatic N) is 4. The average Bonchev–Trinajstić information content (AvgIpc) is 2.58. The van der Waals surface area contributed by atoms with Gasteiger partial charge >= 0.3 is 11.4 Å². The number of rotatable bonds is 4. The van der Waals surface area contributed by atoms with Gasteiger partial charge in [0.1, 0.15) is 9.79 Å². The van der Waals surface area contributed by atoms with E-state index in [-0.39, 0.29) is 22.5 Å². The summed E-state index contributed by atoms with van der Waals surface area (Å²) in [7, 11) is -9.32. The van der Waals surface area contributed by atoms with E-state index in [1.807, 2.05) is 0 Å². The summed E-state index contributed by atoms with van der Waals surface area (Å²) in [6.45, 7) is 0. The van der Waals surface area contributed by atoms with Crippen molar-refractivity contribution in [2.45, 2.75) is 9.79 Å². The van der Waals surface area contributed by atoms with E-state index in [1.165, 1.54) is 36.4 Å². The lowest BCUT2D eigenvalue weighted by Crippen LogP contribution is -2.01. The Balaban J connectivity index is 2.63. The Labute approximate surface area is 148 Å². The summed E-state index contributed by atoms with van der Waals surface area (Å²) in [5, 5.41) is 17.4. The first kappa shape index (κ1) is 19.2. The van der Waals surface area contributed by atoms with Crippen LogP contribution in [0.5, 0.6) is 0 Å². The van der Waals surface area contributed by atoms with Gasteiger partial charge in [-0.3, -0.25) is 9.11 Å². The van der Waals surface area contributed by atoms with Crippen LogP contribution in [0, 0.1) is 10.8 Å². The third kappa shape index (κ3) is 4.27. The summed E-state index contributed by atoms with van der Waals surface area (Å²) in [6, 6.07) is 6.77. The minimum Gasteiger partial charge on any atom is -0.282 e. The second-order valence-electron chi connectivity index (χ2n) is 4.93. The zero-order chi connectivity index (χ0) is 19.5. The molecule has 2 rings (SSSR count). The molecule has 2 N–H and O–H groups in total. The molecule has 10 nitrogen and oxygen atoms in total. The highest BCUT2D eigenvalue weighted by Crippen LogP contribution is 2.27. The van der Waals surface area contributed by atoms with Crippen molar-refractivity contribution in [1.82, 2.24) is 0 Å². The van der Waals surface area contributed by atoms with Gasteiger partial charge in [-0.25, -0.2) is 0 Å². The minimum atomic E-state index is -4.66. The first-order valence-electron chi connectivity index (χ1n) is 6.67. The van der Waals surface area contributed by atoms with Crippen LogP contribution in [-0.2, 0) is 20.2 Å². The van der Waals surface area contributed by atoms with Crippen molar-refractivity contribution in [3.8, 4) is 0 Å². The topological polar surface area (TPSA) is 165 Å². The Morgan fingerprint density at radius 1 is 0.731 bits per heavy atom. The Morgan fingerprint density at radius 3 is 1.35 bits per heavy atom. The first-order valence-corrected chi connectivity index (χ1v) is 9.55. The fourth-order valence-corrected chi connectivity index (χ4v) is 3.48. The van der Waals surface area contributed by atoms with Crippen molar-refractivity contribution in [2.75, 3.05) is 0 Å². The minimum absolute atomic E-state index is 0.0305. The number of hydrogen-bond donors (Lipinski definition) is 2. The van der Waals surface area contributed by atoms with Crippen LogP contribution in [0.3, 0.4) is 0 Å². The van der Waals surface area contributed by atoms with Crippen LogP contribution >= 0.6 is 0 Å². The zero-order valence-corrected chi connectivity index (χ0v) is 14.4. The molecule has 0 aliphatic carbocycles. The van der Waals surface area contributed by atoms with Crippen molar-refractivity contribution >= 4 is 43.8 Å². The van der Waals surface area contributed by atoms with Crippen LogP contribution in [0.2, 0.25) is 0 Å². The van der Waals surface area contributed by atoms with Crippen LogP contribution in [0.15, 0.2) is 46.2 Å². The Morgan fingerprint density at radius 2 is 1.08 bits per heavy atom. The Hall–Kier alpha value is -3.16. The van der Waals surface area contributed by atoms with Crippen molar-refractivity contribution in [3.05, 3.63) is 57.5 Å². The van der Waals surface area contributed by atoms with Gasteiger partial charge < -0.3 is 0 Å². The second-order valence-corrected chi connectivity index (χ2v) is 7.71. The van der Waals surface area contributed by atoms with Crippen molar-refractivity contribution in [1.29, 1.82) is 10.8 Å². The molecule has 0 aromatic heterocycles. The fraction of sp³-hybridized carbons (Fsp3) is 0. The Kier molecular flexibility index (Phi) is 5.15. The molecule has 0 spiro atoms. The van der Waals surface area contributed by atoms with Gasteiger partial charge in [-0.15, -0.1) is 0 Å². The van der Waals surface area contributed by atoms with E-state index in [9.17, 15) is 25.9 Å². The number of benzene rings is 2. The van der Waals surface area contributed by atoms with Gasteiger partial charge in [-0.2, -0.15) is 16.8 Å². The van der Waals surface area contributed by atoms with E-state index >= 15 is 0 Å². The standard InChI is InChI=1S/C14H8N4O6S2/c15-17-11-5-3-9(13(7-11)25(19,20)21)1-2-10-4-6-12(18-16)8-14(10)26(22,23)24/h1-8H/p+2/b2-1-. The van der Waals surface area contributed by atoms with Gasteiger partial charge in [0.25, 0.3) is 20.2 Å². The summed E-state index contributed by atoms with van der Waals surface area (Å²) in [4.78, 5) is 4.51. The summed E-state index contributed by atoms with van der Waals surface area (Å²) >= 11 is 0. The molecule has 0 radical (unpaired) electrons. The Bertz CT molecular complexity index is 1110. The summed E-state index contributed by atoms with van der Waals surface area (Å²) in [5.41, 5.74) is -0.307. The molecule has 0 aliphatic rings. The zero-order valence-electron chi connectivity index (χ0n) is 12.8. The molecular formula is C14H10N4O6S2+2. The SMILES string of the molecule is N#[N+]c1ccc(/C=C\c2ccc([N+]#N)cc2S(=O)(=O)O)c(S(=O)(=O)O)c1. The molecule has 0 atom stereocenters. The van der Waals surface area contributed by atoms with E-state index in [4.69, 9.17) is 10.8 Å². The molecule has 2 aromatic rings. The third-order valence-electron chi connectivity index (χ3n) is 3.22. The van der Waals surface area contributed by atoms with Crippen molar-refractivity contribution in [2.24, 2.45) is 0 Å². The van der Waals surface area contributed by atoms with Gasteiger partial charge in [0, 0.05) is 12.1 Å². The lowest BCUT2D eigenvalue weighted by molar-refractivity contribution is 0.480. The van der Waals surface area contributed by atoms with Gasteiger partial charge in [-0.05, 0) is 23.3 Å². The first-order chi connectivity index (χ1) is 12.1. The van der Waals surface area contributed by atoms with Crippen molar-refractivity contribution in [3.63, 3.8) is 0 Å². The van der Waals surface area contributed by atoms with Crippen LogP contribution in [0.4, 0.5) is 11.4 Å². The lowest BCUT2D eigenvalue weighted by Gasteiger charge is -2.03. The highest BCUT2D eigenvalue weighted by Gasteiger charge is 2.21. The molecular weight excluding hydrogens is 384 g/mol. The highest BCUT2D eigenvalue weighted by atomic mass is 32.2. The molecule has 0 bridgehead atoms. The van der Waals surface area contributed by atoms with Crippen LogP contribution in [0.1, 0.15) is 11.1 Å².